The van der Waals surface area contributed by atoms with Crippen molar-refractivity contribution < 1.29 is 14.4 Å². The second kappa shape index (κ2) is 7.29. The van der Waals surface area contributed by atoms with E-state index in [1.807, 2.05) is 56.5 Å². The summed E-state index contributed by atoms with van der Waals surface area (Å²) in [5, 5.41) is 4.89. The number of carbonyl (C=O) groups excluding carboxylic acids is 3. The fraction of sp³-hybridized carbons (Fsp3) is 0.174. The first kappa shape index (κ1) is 19.1. The van der Waals surface area contributed by atoms with Gasteiger partial charge in [0.25, 0.3) is 17.7 Å². The van der Waals surface area contributed by atoms with Gasteiger partial charge in [0.1, 0.15) is 0 Å². The summed E-state index contributed by atoms with van der Waals surface area (Å²) >= 11 is 1.57. The minimum Gasteiger partial charge on any atom is -0.345 e. The van der Waals surface area contributed by atoms with Gasteiger partial charge in [0.15, 0.2) is 0 Å². The SMILES string of the molecule is Cc1ccc(C)c(N2C(=O)c3ccc(C(=O)NC(C)c4cccs4)cc3C2=O)c1. The summed E-state index contributed by atoms with van der Waals surface area (Å²) in [5.41, 5.74) is 3.31. The minimum absolute atomic E-state index is 0.139. The largest absolute Gasteiger partial charge is 0.345 e. The smallest absolute Gasteiger partial charge is 0.266 e. The maximum atomic E-state index is 13.0. The Morgan fingerprint density at radius 2 is 1.76 bits per heavy atom. The highest BCUT2D eigenvalue weighted by Crippen LogP contribution is 2.32. The lowest BCUT2D eigenvalue weighted by Gasteiger charge is -2.17. The third-order valence-corrected chi connectivity index (χ3v) is 6.13. The van der Waals surface area contributed by atoms with Crippen LogP contribution in [-0.4, -0.2) is 17.7 Å². The molecule has 0 bridgehead atoms. The predicted molar refractivity (Wildman–Crippen MR) is 114 cm³/mol. The van der Waals surface area contributed by atoms with Crippen LogP contribution < -0.4 is 10.2 Å². The number of thiophene rings is 1. The van der Waals surface area contributed by atoms with Crippen molar-refractivity contribution in [2.24, 2.45) is 0 Å². The molecule has 1 unspecified atom stereocenters. The standard InChI is InChI=1S/C23H20N2O3S/c1-13-6-7-14(2)19(11-13)25-22(27)17-9-8-16(12-18(17)23(25)28)21(26)24-15(3)20-5-4-10-29-20/h4-12,15H,1-3H3,(H,24,26). The molecule has 3 amide bonds. The molecular formula is C23H20N2O3S. The monoisotopic (exact) mass is 404 g/mol. The molecule has 1 aromatic heterocycles. The average Bonchev–Trinajstić information content (AvgIpc) is 3.32. The lowest BCUT2D eigenvalue weighted by atomic mass is 10.0. The number of anilines is 1. The van der Waals surface area contributed by atoms with E-state index in [-0.39, 0.29) is 23.4 Å². The summed E-state index contributed by atoms with van der Waals surface area (Å²) in [4.78, 5) is 40.8. The Kier molecular flexibility index (Phi) is 4.80. The van der Waals surface area contributed by atoms with Crippen LogP contribution in [0.25, 0.3) is 0 Å². The quantitative estimate of drug-likeness (QED) is 0.644. The molecule has 1 N–H and O–H groups in total. The zero-order chi connectivity index (χ0) is 20.7. The zero-order valence-electron chi connectivity index (χ0n) is 16.4. The molecule has 2 heterocycles. The molecule has 1 aliphatic heterocycles. The van der Waals surface area contributed by atoms with Gasteiger partial charge in [0.2, 0.25) is 0 Å². The van der Waals surface area contributed by atoms with Crippen LogP contribution >= 0.6 is 11.3 Å². The van der Waals surface area contributed by atoms with Crippen LogP contribution in [0.2, 0.25) is 0 Å². The first-order valence-electron chi connectivity index (χ1n) is 9.31. The molecule has 3 aromatic rings. The second-order valence-corrected chi connectivity index (χ2v) is 8.19. The molecule has 5 nitrogen and oxygen atoms in total. The molecule has 0 spiro atoms. The third-order valence-electron chi connectivity index (χ3n) is 5.07. The van der Waals surface area contributed by atoms with E-state index in [1.54, 1.807) is 23.5 Å². The molecule has 1 atom stereocenters. The summed E-state index contributed by atoms with van der Waals surface area (Å²) in [7, 11) is 0. The van der Waals surface area contributed by atoms with E-state index in [0.717, 1.165) is 16.0 Å². The number of benzene rings is 2. The van der Waals surface area contributed by atoms with E-state index in [4.69, 9.17) is 0 Å². The maximum absolute atomic E-state index is 13.0. The Balaban J connectivity index is 1.63. The molecule has 1 aliphatic rings. The van der Waals surface area contributed by atoms with Crippen LogP contribution in [-0.2, 0) is 0 Å². The number of nitrogens with zero attached hydrogens (tertiary/aromatic N) is 1. The van der Waals surface area contributed by atoms with E-state index in [0.29, 0.717) is 16.8 Å². The van der Waals surface area contributed by atoms with Gasteiger partial charge in [0, 0.05) is 10.4 Å². The zero-order valence-corrected chi connectivity index (χ0v) is 17.2. The van der Waals surface area contributed by atoms with E-state index < -0.39 is 5.91 Å². The Hall–Kier alpha value is -3.25. The molecule has 0 saturated heterocycles. The fourth-order valence-electron chi connectivity index (χ4n) is 3.45. The minimum atomic E-state index is -0.403. The third kappa shape index (κ3) is 3.36. The van der Waals surface area contributed by atoms with Crippen molar-refractivity contribution >= 4 is 34.7 Å². The molecule has 0 radical (unpaired) electrons. The number of aryl methyl sites for hydroxylation is 2. The number of hydrogen-bond acceptors (Lipinski definition) is 4. The van der Waals surface area contributed by atoms with Crippen LogP contribution in [0.4, 0.5) is 5.69 Å². The summed E-state index contributed by atoms with van der Waals surface area (Å²) in [6, 6.07) is 14.1. The number of rotatable bonds is 4. The number of amides is 3. The molecule has 6 heteroatoms. The Morgan fingerprint density at radius 1 is 1.00 bits per heavy atom. The van der Waals surface area contributed by atoms with Gasteiger partial charge in [-0.25, -0.2) is 4.90 Å². The Bertz CT molecular complexity index is 1140. The van der Waals surface area contributed by atoms with Gasteiger partial charge in [-0.3, -0.25) is 14.4 Å². The predicted octanol–water partition coefficient (Wildman–Crippen LogP) is 4.66. The number of nitrogens with one attached hydrogen (secondary N) is 1. The number of imide groups is 1. The molecule has 2 aromatic carbocycles. The normalized spacial score (nSPS) is 14.1. The van der Waals surface area contributed by atoms with Crippen LogP contribution in [0.1, 0.15) is 60.0 Å². The number of hydrogen-bond donors (Lipinski definition) is 1. The van der Waals surface area contributed by atoms with E-state index >= 15 is 0 Å². The molecule has 0 fully saturated rings. The van der Waals surface area contributed by atoms with Gasteiger partial charge < -0.3 is 5.32 Å². The highest BCUT2D eigenvalue weighted by molar-refractivity contribution is 7.10. The van der Waals surface area contributed by atoms with Crippen LogP contribution in [0, 0.1) is 13.8 Å². The first-order chi connectivity index (χ1) is 13.9. The molecule has 0 aliphatic carbocycles. The number of fused-ring (bicyclic) bond motifs is 1. The van der Waals surface area contributed by atoms with Gasteiger partial charge >= 0.3 is 0 Å². The van der Waals surface area contributed by atoms with Crippen molar-refractivity contribution in [1.82, 2.24) is 5.32 Å². The average molecular weight is 404 g/mol. The van der Waals surface area contributed by atoms with Crippen LogP contribution in [0.3, 0.4) is 0 Å². The van der Waals surface area contributed by atoms with Crippen LogP contribution in [0.5, 0.6) is 0 Å². The highest BCUT2D eigenvalue weighted by Gasteiger charge is 2.37. The van der Waals surface area contributed by atoms with Gasteiger partial charge in [-0.1, -0.05) is 18.2 Å². The number of carbonyl (C=O) groups is 3. The van der Waals surface area contributed by atoms with E-state index in [9.17, 15) is 14.4 Å². The second-order valence-electron chi connectivity index (χ2n) is 7.21. The van der Waals surface area contributed by atoms with Crippen molar-refractivity contribution in [3.63, 3.8) is 0 Å². The summed E-state index contributed by atoms with van der Waals surface area (Å²) in [6.07, 6.45) is 0. The summed E-state index contributed by atoms with van der Waals surface area (Å²) < 4.78 is 0. The Morgan fingerprint density at radius 3 is 2.48 bits per heavy atom. The lowest BCUT2D eigenvalue weighted by molar-refractivity contribution is 0.0921. The van der Waals surface area contributed by atoms with E-state index in [2.05, 4.69) is 5.32 Å². The molecular weight excluding hydrogens is 384 g/mol. The lowest BCUT2D eigenvalue weighted by Crippen LogP contribution is -2.30. The van der Waals surface area contributed by atoms with Crippen molar-refractivity contribution in [2.75, 3.05) is 4.90 Å². The molecule has 146 valence electrons. The van der Waals surface area contributed by atoms with Crippen LogP contribution in [0.15, 0.2) is 53.9 Å². The van der Waals surface area contributed by atoms with Gasteiger partial charge in [-0.2, -0.15) is 0 Å². The maximum Gasteiger partial charge on any atom is 0.266 e. The molecule has 0 saturated carbocycles. The molecule has 4 rings (SSSR count). The van der Waals surface area contributed by atoms with Crippen molar-refractivity contribution in [3.8, 4) is 0 Å². The van der Waals surface area contributed by atoms with E-state index in [1.165, 1.54) is 11.0 Å². The summed E-state index contributed by atoms with van der Waals surface area (Å²) in [5.74, 6) is -1.04. The van der Waals surface area contributed by atoms with Crippen molar-refractivity contribution in [3.05, 3.63) is 86.6 Å². The van der Waals surface area contributed by atoms with Gasteiger partial charge in [-0.05, 0) is 67.6 Å². The van der Waals surface area contributed by atoms with Crippen molar-refractivity contribution in [1.29, 1.82) is 0 Å². The summed E-state index contributed by atoms with van der Waals surface area (Å²) in [6.45, 7) is 5.69. The van der Waals surface area contributed by atoms with Crippen molar-refractivity contribution in [2.45, 2.75) is 26.8 Å². The van der Waals surface area contributed by atoms with Gasteiger partial charge in [-0.15, -0.1) is 11.3 Å². The molecule has 29 heavy (non-hydrogen) atoms. The topological polar surface area (TPSA) is 66.5 Å². The first-order valence-corrected chi connectivity index (χ1v) is 10.2. The van der Waals surface area contributed by atoms with Gasteiger partial charge in [0.05, 0.1) is 22.9 Å². The fourth-order valence-corrected chi connectivity index (χ4v) is 4.18. The Labute approximate surface area is 173 Å². The highest BCUT2D eigenvalue weighted by atomic mass is 32.1.